The lowest BCUT2D eigenvalue weighted by Gasteiger charge is -2.46. The van der Waals surface area contributed by atoms with E-state index in [-0.39, 0.29) is 42.2 Å². The first kappa shape index (κ1) is 32.2. The summed E-state index contributed by atoms with van der Waals surface area (Å²) in [6, 6.07) is 14.1. The number of fused-ring (bicyclic) bond motifs is 1. The third-order valence-electron chi connectivity index (χ3n) is 8.55. The molecule has 0 spiro atoms. The van der Waals surface area contributed by atoms with Crippen LogP contribution in [0, 0.1) is 11.8 Å². The molecule has 4 rings (SSSR count). The Labute approximate surface area is 240 Å². The molecule has 2 N–H and O–H groups in total. The average Bonchev–Trinajstić information content (AvgIpc) is 2.85. The maximum atomic E-state index is 13.1. The molecule has 0 radical (unpaired) electrons. The highest BCUT2D eigenvalue weighted by molar-refractivity contribution is 5.85. The van der Waals surface area contributed by atoms with Crippen LogP contribution in [-0.4, -0.2) is 66.7 Å². The van der Waals surface area contributed by atoms with Gasteiger partial charge in [0.1, 0.15) is 11.5 Å². The maximum Gasteiger partial charge on any atom is 0.234 e. The minimum atomic E-state index is 0. The molecule has 6 nitrogen and oxygen atoms in total. The molecule has 2 aliphatic rings. The van der Waals surface area contributed by atoms with Crippen LogP contribution in [0.2, 0.25) is 0 Å². The van der Waals surface area contributed by atoms with Crippen molar-refractivity contribution in [3.63, 3.8) is 0 Å². The first-order valence-electron chi connectivity index (χ1n) is 13.4. The minimum absolute atomic E-state index is 0. The predicted octanol–water partition coefficient (Wildman–Crippen LogP) is 5.04. The number of aromatic hydroxyl groups is 1. The fourth-order valence-electron chi connectivity index (χ4n) is 5.78. The van der Waals surface area contributed by atoms with Gasteiger partial charge in [-0.2, -0.15) is 0 Å². The van der Waals surface area contributed by atoms with Crippen LogP contribution in [0.1, 0.15) is 50.8 Å². The summed E-state index contributed by atoms with van der Waals surface area (Å²) in [5, 5.41) is 13.3. The number of hydrogen-bond acceptors (Lipinski definition) is 5. The predicted molar refractivity (Wildman–Crippen MR) is 159 cm³/mol. The van der Waals surface area contributed by atoms with Gasteiger partial charge < -0.3 is 20.1 Å². The number of piperidine rings is 1. The normalized spacial score (nSPS) is 22.5. The smallest absolute Gasteiger partial charge is 0.234 e. The summed E-state index contributed by atoms with van der Waals surface area (Å²) < 4.78 is 5.38. The Morgan fingerprint density at radius 3 is 2.55 bits per heavy atom. The molecule has 2 heterocycles. The second-order valence-electron chi connectivity index (χ2n) is 11.4. The summed E-state index contributed by atoms with van der Waals surface area (Å²) >= 11 is 0. The Hall–Kier alpha value is -1.99. The number of ether oxygens (including phenoxy) is 1. The standard InChI is InChI=1S/C30H43N3O3.2ClH/c1-21(2)28(19-33-14-12-30(4,22(3)17-33)25-7-6-8-26(34)16-25)31-29(35)20-32-13-11-23-9-10-27(36-5)15-24(23)18-32;;/h6-10,15-16,21-22,28,34H,11-14,17-20H2,1-5H3,(H,31,35);2*1H/t22-,28+,30+;;/m0../s1. The lowest BCUT2D eigenvalue weighted by atomic mass is 9.68. The average molecular weight is 567 g/mol. The largest absolute Gasteiger partial charge is 0.508 e. The summed E-state index contributed by atoms with van der Waals surface area (Å²) in [6.45, 7) is 13.9. The van der Waals surface area contributed by atoms with Gasteiger partial charge in [-0.1, -0.05) is 45.9 Å². The molecule has 1 amide bonds. The van der Waals surface area contributed by atoms with Crippen LogP contribution in [0.15, 0.2) is 42.5 Å². The number of amides is 1. The van der Waals surface area contributed by atoms with E-state index in [4.69, 9.17) is 4.74 Å². The molecule has 38 heavy (non-hydrogen) atoms. The van der Waals surface area contributed by atoms with Crippen molar-refractivity contribution in [2.75, 3.05) is 39.8 Å². The van der Waals surface area contributed by atoms with Gasteiger partial charge in [-0.15, -0.1) is 24.8 Å². The zero-order valence-electron chi connectivity index (χ0n) is 23.4. The first-order valence-corrected chi connectivity index (χ1v) is 13.4. The Kier molecular flexibility index (Phi) is 11.8. The number of phenolic OH excluding ortho intramolecular Hbond substituents is 1. The van der Waals surface area contributed by atoms with Gasteiger partial charge in [0.05, 0.1) is 13.7 Å². The highest BCUT2D eigenvalue weighted by atomic mass is 35.5. The van der Waals surface area contributed by atoms with E-state index in [2.05, 4.69) is 61.0 Å². The molecule has 0 aliphatic carbocycles. The number of rotatable bonds is 8. The number of likely N-dealkylation sites (tertiary alicyclic amines) is 1. The number of phenols is 1. The van der Waals surface area contributed by atoms with Crippen LogP contribution < -0.4 is 10.1 Å². The van der Waals surface area contributed by atoms with Gasteiger partial charge in [-0.05, 0) is 77.6 Å². The number of methoxy groups -OCH3 is 1. The molecular formula is C30H45Cl2N3O3. The van der Waals surface area contributed by atoms with Gasteiger partial charge in [0, 0.05) is 32.2 Å². The Bertz CT molecular complexity index is 1070. The van der Waals surface area contributed by atoms with Crippen molar-refractivity contribution in [3.8, 4) is 11.5 Å². The molecule has 2 aliphatic heterocycles. The van der Waals surface area contributed by atoms with E-state index in [1.165, 1.54) is 16.7 Å². The monoisotopic (exact) mass is 565 g/mol. The second-order valence-corrected chi connectivity index (χ2v) is 11.4. The second kappa shape index (κ2) is 13.9. The number of hydrogen-bond donors (Lipinski definition) is 2. The number of halogens is 2. The summed E-state index contributed by atoms with van der Waals surface area (Å²) in [5.41, 5.74) is 3.86. The first-order chi connectivity index (χ1) is 17.2. The number of nitrogens with one attached hydrogen (secondary N) is 1. The van der Waals surface area contributed by atoms with E-state index in [1.54, 1.807) is 13.2 Å². The summed E-state index contributed by atoms with van der Waals surface area (Å²) in [6.07, 6.45) is 2.00. The van der Waals surface area contributed by atoms with Crippen LogP contribution in [0.25, 0.3) is 0 Å². The SMILES string of the molecule is COc1ccc2c(c1)CN(CC(=O)N[C@H](CN1CC[C@@](C)(c3cccc(O)c3)[C@@H](C)C1)C(C)C)CC2.Cl.Cl. The molecule has 0 saturated carbocycles. The van der Waals surface area contributed by atoms with Gasteiger partial charge in [0.2, 0.25) is 5.91 Å². The van der Waals surface area contributed by atoms with E-state index < -0.39 is 0 Å². The third kappa shape index (κ3) is 7.56. The van der Waals surface area contributed by atoms with Crippen LogP contribution >= 0.6 is 24.8 Å². The molecule has 1 saturated heterocycles. The highest BCUT2D eigenvalue weighted by Gasteiger charge is 2.38. The van der Waals surface area contributed by atoms with Crippen molar-refractivity contribution < 1.29 is 14.6 Å². The number of benzene rings is 2. The van der Waals surface area contributed by atoms with Gasteiger partial charge in [-0.3, -0.25) is 9.69 Å². The maximum absolute atomic E-state index is 13.1. The van der Waals surface area contributed by atoms with Crippen LogP contribution in [0.4, 0.5) is 0 Å². The van der Waals surface area contributed by atoms with Gasteiger partial charge in [0.15, 0.2) is 0 Å². The highest BCUT2D eigenvalue weighted by Crippen LogP contribution is 2.40. The minimum Gasteiger partial charge on any atom is -0.508 e. The molecule has 212 valence electrons. The third-order valence-corrected chi connectivity index (χ3v) is 8.55. The molecule has 2 aromatic carbocycles. The fraction of sp³-hybridized carbons (Fsp3) is 0.567. The van der Waals surface area contributed by atoms with Crippen molar-refractivity contribution in [2.24, 2.45) is 11.8 Å². The van der Waals surface area contributed by atoms with Gasteiger partial charge in [0.25, 0.3) is 0 Å². The Morgan fingerprint density at radius 2 is 1.89 bits per heavy atom. The number of carbonyl (C=O) groups is 1. The Morgan fingerprint density at radius 1 is 1.13 bits per heavy atom. The molecule has 8 heteroatoms. The van der Waals surface area contributed by atoms with E-state index in [0.29, 0.717) is 24.1 Å². The number of carbonyl (C=O) groups excluding carboxylic acids is 1. The van der Waals surface area contributed by atoms with Crippen molar-refractivity contribution in [1.82, 2.24) is 15.1 Å². The quantitative estimate of drug-likeness (QED) is 0.469. The summed E-state index contributed by atoms with van der Waals surface area (Å²) in [5.74, 6) is 2.12. The molecular weight excluding hydrogens is 521 g/mol. The lowest BCUT2D eigenvalue weighted by molar-refractivity contribution is -0.123. The summed E-state index contributed by atoms with van der Waals surface area (Å²) in [4.78, 5) is 17.8. The molecule has 0 aromatic heterocycles. The number of nitrogens with zero attached hydrogens (tertiary/aromatic N) is 2. The molecule has 1 fully saturated rings. The molecule has 0 unspecified atom stereocenters. The van der Waals surface area contributed by atoms with Crippen LogP contribution in [-0.2, 0) is 23.2 Å². The molecule has 3 atom stereocenters. The van der Waals surface area contributed by atoms with E-state index >= 15 is 0 Å². The van der Waals surface area contributed by atoms with E-state index in [1.807, 2.05) is 18.2 Å². The van der Waals surface area contributed by atoms with Gasteiger partial charge >= 0.3 is 0 Å². The lowest BCUT2D eigenvalue weighted by Crippen LogP contribution is -2.54. The van der Waals surface area contributed by atoms with Crippen LogP contribution in [0.5, 0.6) is 11.5 Å². The molecule has 2 aromatic rings. The summed E-state index contributed by atoms with van der Waals surface area (Å²) in [7, 11) is 1.69. The van der Waals surface area contributed by atoms with Crippen molar-refractivity contribution in [1.29, 1.82) is 0 Å². The van der Waals surface area contributed by atoms with Crippen molar-refractivity contribution >= 4 is 30.7 Å². The fourth-order valence-corrected chi connectivity index (χ4v) is 5.78. The van der Waals surface area contributed by atoms with Crippen molar-refractivity contribution in [3.05, 3.63) is 59.2 Å². The topological polar surface area (TPSA) is 65.0 Å². The van der Waals surface area contributed by atoms with Crippen molar-refractivity contribution in [2.45, 2.75) is 58.5 Å². The zero-order valence-corrected chi connectivity index (χ0v) is 25.0. The van der Waals surface area contributed by atoms with E-state index in [9.17, 15) is 9.90 Å². The zero-order chi connectivity index (χ0) is 25.9. The van der Waals surface area contributed by atoms with Crippen LogP contribution in [0.3, 0.4) is 0 Å². The van der Waals surface area contributed by atoms with Gasteiger partial charge in [-0.25, -0.2) is 0 Å². The Balaban J connectivity index is 0.00000253. The molecule has 0 bridgehead atoms. The van der Waals surface area contributed by atoms with E-state index in [0.717, 1.165) is 51.3 Å².